The van der Waals surface area contributed by atoms with Gasteiger partial charge in [-0.2, -0.15) is 17.6 Å². The Morgan fingerprint density at radius 2 is 1.85 bits per heavy atom. The molecule has 0 radical (unpaired) electrons. The molecule has 1 fully saturated rings. The van der Waals surface area contributed by atoms with Crippen LogP contribution < -0.4 is 4.90 Å². The van der Waals surface area contributed by atoms with Crippen molar-refractivity contribution in [2.45, 2.75) is 36.3 Å². The van der Waals surface area contributed by atoms with E-state index in [0.717, 1.165) is 17.8 Å². The lowest BCUT2D eigenvalue weighted by molar-refractivity contribution is -0.0328. The summed E-state index contributed by atoms with van der Waals surface area (Å²) in [6.45, 7) is 6.11. The number of hydrogen-bond donors (Lipinski definition) is 0. The molecular formula is C18H19F4N3S. The first-order valence-corrected chi connectivity index (χ1v) is 8.90. The molecule has 8 heteroatoms. The lowest BCUT2D eigenvalue weighted by Gasteiger charge is -2.29. The number of hydrogen-bond acceptors (Lipinski definition) is 4. The fourth-order valence-electron chi connectivity index (χ4n) is 3.07. The maximum atomic E-state index is 13.3. The van der Waals surface area contributed by atoms with Crippen LogP contribution in [0.4, 0.5) is 23.2 Å². The van der Waals surface area contributed by atoms with Gasteiger partial charge in [0.1, 0.15) is 0 Å². The minimum absolute atomic E-state index is 0.115. The lowest BCUT2D eigenvalue weighted by atomic mass is 10.0. The van der Waals surface area contributed by atoms with Gasteiger partial charge in [0.25, 0.3) is 0 Å². The molecule has 0 amide bonds. The normalized spacial score (nSPS) is 17.7. The van der Waals surface area contributed by atoms with Crippen LogP contribution in [0.2, 0.25) is 0 Å². The van der Waals surface area contributed by atoms with E-state index in [9.17, 15) is 17.6 Å². The van der Waals surface area contributed by atoms with E-state index in [-0.39, 0.29) is 22.2 Å². The molecule has 1 aliphatic heterocycles. The summed E-state index contributed by atoms with van der Waals surface area (Å²) in [5.74, 6) is -0.505. The van der Waals surface area contributed by atoms with Crippen molar-refractivity contribution >= 4 is 17.4 Å². The standard InChI is InChI=1S/C18H19F4N3S/c1-17(2)11-24(12-25(17)10-13-7-8-23-16(19)9-13)14-3-5-15(6-4-14)26-18(20,21)22/h3-9H,10-12H2,1-2H3. The average molecular weight is 385 g/mol. The van der Waals surface area contributed by atoms with Crippen molar-refractivity contribution in [2.75, 3.05) is 18.1 Å². The Bertz CT molecular complexity index is 762. The van der Waals surface area contributed by atoms with Gasteiger partial charge in [-0.05, 0) is 67.6 Å². The highest BCUT2D eigenvalue weighted by Gasteiger charge is 2.37. The first-order chi connectivity index (χ1) is 12.1. The van der Waals surface area contributed by atoms with Gasteiger partial charge in [0, 0.05) is 35.4 Å². The quantitative estimate of drug-likeness (QED) is 0.424. The number of pyridine rings is 1. The third-order valence-corrected chi connectivity index (χ3v) is 5.11. The summed E-state index contributed by atoms with van der Waals surface area (Å²) in [7, 11) is 0. The number of aromatic nitrogens is 1. The van der Waals surface area contributed by atoms with Crippen LogP contribution >= 0.6 is 11.8 Å². The number of anilines is 1. The fraction of sp³-hybridized carbons (Fsp3) is 0.389. The molecule has 26 heavy (non-hydrogen) atoms. The number of rotatable bonds is 4. The summed E-state index contributed by atoms with van der Waals surface area (Å²) in [6.07, 6.45) is 1.45. The highest BCUT2D eigenvalue weighted by atomic mass is 32.2. The molecule has 0 saturated carbocycles. The first kappa shape index (κ1) is 19.0. The maximum Gasteiger partial charge on any atom is 0.446 e. The smallest absolute Gasteiger partial charge is 0.357 e. The zero-order valence-electron chi connectivity index (χ0n) is 14.4. The summed E-state index contributed by atoms with van der Waals surface area (Å²) in [4.78, 5) is 8.06. The van der Waals surface area contributed by atoms with Crippen molar-refractivity contribution in [3.05, 3.63) is 54.1 Å². The molecule has 1 aliphatic rings. The van der Waals surface area contributed by atoms with E-state index >= 15 is 0 Å². The summed E-state index contributed by atoms with van der Waals surface area (Å²) in [5, 5.41) is 0. The van der Waals surface area contributed by atoms with Crippen LogP contribution in [-0.4, -0.2) is 34.1 Å². The van der Waals surface area contributed by atoms with Crippen LogP contribution in [0.3, 0.4) is 0 Å². The molecule has 0 spiro atoms. The van der Waals surface area contributed by atoms with Gasteiger partial charge in [-0.25, -0.2) is 4.98 Å². The van der Waals surface area contributed by atoms with Crippen LogP contribution in [-0.2, 0) is 6.54 Å². The van der Waals surface area contributed by atoms with Crippen molar-refractivity contribution in [1.29, 1.82) is 0 Å². The second-order valence-electron chi connectivity index (χ2n) is 6.88. The largest absolute Gasteiger partial charge is 0.446 e. The topological polar surface area (TPSA) is 19.4 Å². The average Bonchev–Trinajstić information content (AvgIpc) is 2.81. The van der Waals surface area contributed by atoms with Crippen LogP contribution in [0.1, 0.15) is 19.4 Å². The van der Waals surface area contributed by atoms with Crippen LogP contribution in [0, 0.1) is 5.95 Å². The minimum Gasteiger partial charge on any atom is -0.357 e. The van der Waals surface area contributed by atoms with Gasteiger partial charge in [0.05, 0.1) is 6.67 Å². The van der Waals surface area contributed by atoms with E-state index in [0.29, 0.717) is 13.2 Å². The van der Waals surface area contributed by atoms with E-state index in [1.807, 2.05) is 0 Å². The minimum atomic E-state index is -4.28. The second kappa shape index (κ2) is 7.08. The summed E-state index contributed by atoms with van der Waals surface area (Å²) < 4.78 is 50.6. The van der Waals surface area contributed by atoms with Crippen molar-refractivity contribution in [3.8, 4) is 0 Å². The van der Waals surface area contributed by atoms with Crippen LogP contribution in [0.15, 0.2) is 47.5 Å². The van der Waals surface area contributed by atoms with Gasteiger partial charge in [-0.1, -0.05) is 0 Å². The molecule has 0 aliphatic carbocycles. The Morgan fingerprint density at radius 1 is 1.15 bits per heavy atom. The van der Waals surface area contributed by atoms with E-state index in [1.165, 1.54) is 24.4 Å². The predicted octanol–water partition coefficient (Wildman–Crippen LogP) is 4.89. The molecule has 1 aromatic carbocycles. The molecule has 2 heterocycles. The van der Waals surface area contributed by atoms with Gasteiger partial charge < -0.3 is 4.90 Å². The third kappa shape index (κ3) is 4.67. The molecule has 0 N–H and O–H groups in total. The summed E-state index contributed by atoms with van der Waals surface area (Å²) >= 11 is -0.115. The molecule has 0 bridgehead atoms. The molecule has 1 aromatic heterocycles. The molecule has 0 unspecified atom stereocenters. The molecule has 2 aromatic rings. The van der Waals surface area contributed by atoms with Gasteiger partial charge in [-0.3, -0.25) is 4.90 Å². The molecular weight excluding hydrogens is 366 g/mol. The zero-order valence-corrected chi connectivity index (χ0v) is 15.2. The number of halogens is 4. The van der Waals surface area contributed by atoms with Crippen molar-refractivity contribution in [1.82, 2.24) is 9.88 Å². The lowest BCUT2D eigenvalue weighted by Crippen LogP contribution is -2.39. The van der Waals surface area contributed by atoms with E-state index in [4.69, 9.17) is 0 Å². The Balaban J connectivity index is 1.70. The second-order valence-corrected chi connectivity index (χ2v) is 8.02. The summed E-state index contributed by atoms with van der Waals surface area (Å²) in [5.41, 5.74) is -2.73. The monoisotopic (exact) mass is 385 g/mol. The number of nitrogens with zero attached hydrogens (tertiary/aromatic N) is 3. The van der Waals surface area contributed by atoms with Crippen molar-refractivity contribution in [2.24, 2.45) is 0 Å². The van der Waals surface area contributed by atoms with E-state index < -0.39 is 11.5 Å². The maximum absolute atomic E-state index is 13.3. The number of alkyl halides is 3. The Kier molecular flexibility index (Phi) is 5.16. The Morgan fingerprint density at radius 3 is 2.46 bits per heavy atom. The molecule has 3 nitrogen and oxygen atoms in total. The Labute approximate surface area is 154 Å². The van der Waals surface area contributed by atoms with Crippen molar-refractivity contribution < 1.29 is 17.6 Å². The van der Waals surface area contributed by atoms with Crippen molar-refractivity contribution in [3.63, 3.8) is 0 Å². The highest BCUT2D eigenvalue weighted by molar-refractivity contribution is 8.00. The van der Waals surface area contributed by atoms with Gasteiger partial charge >= 0.3 is 5.51 Å². The molecule has 1 saturated heterocycles. The Hall–Kier alpha value is -1.80. The highest BCUT2D eigenvalue weighted by Crippen LogP contribution is 2.38. The van der Waals surface area contributed by atoms with Gasteiger partial charge in [-0.15, -0.1) is 0 Å². The molecule has 140 valence electrons. The van der Waals surface area contributed by atoms with Gasteiger partial charge in [0.2, 0.25) is 5.95 Å². The van der Waals surface area contributed by atoms with E-state index in [1.54, 1.807) is 18.2 Å². The SMILES string of the molecule is CC1(C)CN(c2ccc(SC(F)(F)F)cc2)CN1Cc1ccnc(F)c1. The molecule has 0 atom stereocenters. The zero-order chi connectivity index (χ0) is 18.9. The van der Waals surface area contributed by atoms with Crippen LogP contribution in [0.5, 0.6) is 0 Å². The van der Waals surface area contributed by atoms with Gasteiger partial charge in [0.15, 0.2) is 0 Å². The fourth-order valence-corrected chi connectivity index (χ4v) is 3.61. The molecule has 3 rings (SSSR count). The summed E-state index contributed by atoms with van der Waals surface area (Å²) in [6, 6.07) is 9.59. The van der Waals surface area contributed by atoms with E-state index in [2.05, 4.69) is 28.6 Å². The first-order valence-electron chi connectivity index (χ1n) is 8.09. The third-order valence-electron chi connectivity index (χ3n) is 4.38. The van der Waals surface area contributed by atoms with Crippen LogP contribution in [0.25, 0.3) is 0 Å². The number of benzene rings is 1. The predicted molar refractivity (Wildman–Crippen MR) is 94.4 cm³/mol. The number of thioether (sulfide) groups is 1.